The van der Waals surface area contributed by atoms with E-state index in [-0.39, 0.29) is 23.5 Å². The number of nitrogens with one attached hydrogen (secondary N) is 2. The lowest BCUT2D eigenvalue weighted by Gasteiger charge is -2.32. The molecule has 3 aromatic rings. The summed E-state index contributed by atoms with van der Waals surface area (Å²) in [6.45, 7) is 1.34. The molecule has 0 spiro atoms. The first kappa shape index (κ1) is 21.3. The number of anilines is 2. The van der Waals surface area contributed by atoms with Crippen LogP contribution in [0.1, 0.15) is 18.4 Å². The van der Waals surface area contributed by atoms with Gasteiger partial charge < -0.3 is 15.5 Å². The molecular formula is C24H25N5O3. The molecule has 0 radical (unpaired) electrons. The Balaban J connectivity index is 1.36. The van der Waals surface area contributed by atoms with Gasteiger partial charge in [-0.15, -0.1) is 0 Å². The number of benzene rings is 2. The molecule has 1 aromatic heterocycles. The van der Waals surface area contributed by atoms with Gasteiger partial charge in [0.15, 0.2) is 0 Å². The molecule has 8 nitrogen and oxygen atoms in total. The minimum absolute atomic E-state index is 0.0717. The lowest BCUT2D eigenvalue weighted by molar-refractivity contribution is -0.121. The Morgan fingerprint density at radius 2 is 1.81 bits per heavy atom. The molecule has 2 heterocycles. The van der Waals surface area contributed by atoms with Crippen LogP contribution in [0.3, 0.4) is 0 Å². The fourth-order valence-electron chi connectivity index (χ4n) is 3.80. The van der Waals surface area contributed by atoms with Gasteiger partial charge in [0.2, 0.25) is 5.91 Å². The number of piperidine rings is 1. The van der Waals surface area contributed by atoms with Crippen molar-refractivity contribution in [1.82, 2.24) is 14.5 Å². The average molecular weight is 431 g/mol. The summed E-state index contributed by atoms with van der Waals surface area (Å²) in [4.78, 5) is 42.7. The Kier molecular flexibility index (Phi) is 6.60. The van der Waals surface area contributed by atoms with Crippen LogP contribution >= 0.6 is 0 Å². The van der Waals surface area contributed by atoms with Crippen LogP contribution in [0.2, 0.25) is 0 Å². The van der Waals surface area contributed by atoms with Crippen LogP contribution in [0.5, 0.6) is 0 Å². The van der Waals surface area contributed by atoms with E-state index in [1.165, 1.54) is 10.8 Å². The first-order valence-corrected chi connectivity index (χ1v) is 10.6. The van der Waals surface area contributed by atoms with E-state index in [1.54, 1.807) is 23.2 Å². The molecule has 32 heavy (non-hydrogen) atoms. The molecule has 0 bridgehead atoms. The fraction of sp³-hybridized carbons (Fsp3) is 0.250. The Morgan fingerprint density at radius 3 is 2.62 bits per heavy atom. The van der Waals surface area contributed by atoms with Crippen LogP contribution < -0.4 is 16.3 Å². The molecule has 1 fully saturated rings. The molecule has 2 N–H and O–H groups in total. The predicted octanol–water partition coefficient (Wildman–Crippen LogP) is 3.17. The summed E-state index contributed by atoms with van der Waals surface area (Å²) in [5.41, 5.74) is 1.94. The number of likely N-dealkylation sites (tertiary alicyclic amines) is 1. The second-order valence-corrected chi connectivity index (χ2v) is 7.80. The molecule has 1 aliphatic rings. The van der Waals surface area contributed by atoms with E-state index < -0.39 is 0 Å². The van der Waals surface area contributed by atoms with Crippen molar-refractivity contribution < 1.29 is 9.59 Å². The highest BCUT2D eigenvalue weighted by Crippen LogP contribution is 2.20. The highest BCUT2D eigenvalue weighted by molar-refractivity contribution is 5.94. The Bertz CT molecular complexity index is 1150. The summed E-state index contributed by atoms with van der Waals surface area (Å²) >= 11 is 0. The maximum Gasteiger partial charge on any atom is 0.347 e. The molecular weight excluding hydrogens is 406 g/mol. The summed E-state index contributed by atoms with van der Waals surface area (Å²) in [5, 5.41) is 5.84. The molecule has 1 atom stereocenters. The van der Waals surface area contributed by atoms with Gasteiger partial charge in [0.1, 0.15) is 0 Å². The third-order valence-electron chi connectivity index (χ3n) is 5.43. The van der Waals surface area contributed by atoms with Gasteiger partial charge in [-0.25, -0.2) is 14.6 Å². The van der Waals surface area contributed by atoms with Crippen molar-refractivity contribution >= 4 is 23.3 Å². The standard InChI is InChI=1S/C24H25N5O3/c30-22(26-20-9-2-1-3-10-20)19-8-5-13-29(17-19)24(32)27-21-11-4-7-18(15-21)16-28-14-6-12-25-23(28)31/h1-4,6-7,9-12,14-15,19H,5,8,13,16-17H2,(H,26,30)(H,27,32)/t19-/m0/s1. The number of hydrogen-bond donors (Lipinski definition) is 2. The molecule has 3 amide bonds. The van der Waals surface area contributed by atoms with Gasteiger partial charge in [-0.3, -0.25) is 9.36 Å². The van der Waals surface area contributed by atoms with Gasteiger partial charge in [-0.1, -0.05) is 30.3 Å². The summed E-state index contributed by atoms with van der Waals surface area (Å²) in [5.74, 6) is -0.323. The van der Waals surface area contributed by atoms with E-state index in [2.05, 4.69) is 15.6 Å². The van der Waals surface area contributed by atoms with Crippen LogP contribution in [0, 0.1) is 5.92 Å². The van der Waals surface area contributed by atoms with Crippen LogP contribution in [-0.2, 0) is 11.3 Å². The number of rotatable bonds is 5. The van der Waals surface area contributed by atoms with E-state index in [0.717, 1.165) is 24.1 Å². The van der Waals surface area contributed by atoms with Gasteiger partial charge in [-0.05, 0) is 48.7 Å². The molecule has 4 rings (SSSR count). The van der Waals surface area contributed by atoms with Crippen molar-refractivity contribution in [2.75, 3.05) is 23.7 Å². The molecule has 0 unspecified atom stereocenters. The molecule has 1 saturated heterocycles. The predicted molar refractivity (Wildman–Crippen MR) is 122 cm³/mol. The van der Waals surface area contributed by atoms with Crippen molar-refractivity contribution in [2.24, 2.45) is 5.92 Å². The van der Waals surface area contributed by atoms with E-state index in [0.29, 0.717) is 25.3 Å². The second kappa shape index (κ2) is 9.91. The lowest BCUT2D eigenvalue weighted by Crippen LogP contribution is -2.45. The molecule has 8 heteroatoms. The van der Waals surface area contributed by atoms with E-state index in [9.17, 15) is 14.4 Å². The van der Waals surface area contributed by atoms with Crippen LogP contribution in [0.15, 0.2) is 77.9 Å². The van der Waals surface area contributed by atoms with Gasteiger partial charge in [0.05, 0.1) is 12.5 Å². The van der Waals surface area contributed by atoms with E-state index in [1.807, 2.05) is 48.5 Å². The zero-order valence-corrected chi connectivity index (χ0v) is 17.6. The fourth-order valence-corrected chi connectivity index (χ4v) is 3.80. The summed E-state index contributed by atoms with van der Waals surface area (Å²) < 4.78 is 1.50. The maximum atomic E-state index is 12.8. The number of nitrogens with zero attached hydrogens (tertiary/aromatic N) is 3. The zero-order valence-electron chi connectivity index (χ0n) is 17.6. The smallest absolute Gasteiger partial charge is 0.326 e. The third kappa shape index (κ3) is 5.40. The molecule has 0 saturated carbocycles. The van der Waals surface area contributed by atoms with Crippen LogP contribution in [-0.4, -0.2) is 39.5 Å². The Morgan fingerprint density at radius 1 is 1.00 bits per heavy atom. The third-order valence-corrected chi connectivity index (χ3v) is 5.43. The minimum Gasteiger partial charge on any atom is -0.326 e. The lowest BCUT2D eigenvalue weighted by atomic mass is 9.97. The van der Waals surface area contributed by atoms with Gasteiger partial charge in [0, 0.05) is 36.9 Å². The van der Waals surface area contributed by atoms with Crippen molar-refractivity contribution in [2.45, 2.75) is 19.4 Å². The van der Waals surface area contributed by atoms with Crippen molar-refractivity contribution in [3.05, 3.63) is 89.1 Å². The van der Waals surface area contributed by atoms with Crippen molar-refractivity contribution in [3.8, 4) is 0 Å². The highest BCUT2D eigenvalue weighted by atomic mass is 16.2. The van der Waals surface area contributed by atoms with E-state index in [4.69, 9.17) is 0 Å². The molecule has 164 valence electrons. The number of para-hydroxylation sites is 1. The van der Waals surface area contributed by atoms with E-state index >= 15 is 0 Å². The summed E-state index contributed by atoms with van der Waals surface area (Å²) in [6.07, 6.45) is 4.65. The zero-order chi connectivity index (χ0) is 22.3. The summed E-state index contributed by atoms with van der Waals surface area (Å²) in [6, 6.07) is 18.1. The number of aromatic nitrogens is 2. The van der Waals surface area contributed by atoms with Crippen LogP contribution in [0.25, 0.3) is 0 Å². The van der Waals surface area contributed by atoms with Gasteiger partial charge in [0.25, 0.3) is 0 Å². The second-order valence-electron chi connectivity index (χ2n) is 7.80. The average Bonchev–Trinajstić information content (AvgIpc) is 2.81. The number of urea groups is 1. The van der Waals surface area contributed by atoms with Crippen molar-refractivity contribution in [1.29, 1.82) is 0 Å². The van der Waals surface area contributed by atoms with Crippen molar-refractivity contribution in [3.63, 3.8) is 0 Å². The first-order valence-electron chi connectivity index (χ1n) is 10.6. The Hall–Kier alpha value is -3.94. The molecule has 1 aliphatic heterocycles. The quantitative estimate of drug-likeness (QED) is 0.649. The normalized spacial score (nSPS) is 15.8. The highest BCUT2D eigenvalue weighted by Gasteiger charge is 2.28. The van der Waals surface area contributed by atoms with Gasteiger partial charge in [-0.2, -0.15) is 0 Å². The largest absolute Gasteiger partial charge is 0.347 e. The number of carbonyl (C=O) groups is 2. The molecule has 2 aromatic carbocycles. The molecule has 0 aliphatic carbocycles. The number of amides is 3. The number of hydrogen-bond acceptors (Lipinski definition) is 4. The van der Waals surface area contributed by atoms with Gasteiger partial charge >= 0.3 is 11.7 Å². The Labute approximate surface area is 185 Å². The maximum absolute atomic E-state index is 12.8. The summed E-state index contributed by atoms with van der Waals surface area (Å²) in [7, 11) is 0. The SMILES string of the molecule is O=C(Nc1ccccc1)[C@H]1CCCN(C(=O)Nc2cccc(Cn3cccnc3=O)c2)C1. The first-order chi connectivity index (χ1) is 15.6. The number of carbonyl (C=O) groups excluding carboxylic acids is 2. The topological polar surface area (TPSA) is 96.3 Å². The monoisotopic (exact) mass is 431 g/mol. The van der Waals surface area contributed by atoms with Crippen LogP contribution in [0.4, 0.5) is 16.2 Å². The minimum atomic E-state index is -0.324.